The summed E-state index contributed by atoms with van der Waals surface area (Å²) in [6.07, 6.45) is 0.0978. The number of rotatable bonds is 2. The van der Waals surface area contributed by atoms with E-state index in [0.29, 0.717) is 17.8 Å². The van der Waals surface area contributed by atoms with Gasteiger partial charge in [-0.25, -0.2) is 0 Å². The lowest BCUT2D eigenvalue weighted by atomic mass is 10.1. The Morgan fingerprint density at radius 2 is 2.10 bits per heavy atom. The molecule has 1 heterocycles. The molecule has 2 aromatic rings. The van der Waals surface area contributed by atoms with Crippen LogP contribution in [0.15, 0.2) is 42.5 Å². The van der Waals surface area contributed by atoms with Gasteiger partial charge >= 0.3 is 0 Å². The van der Waals surface area contributed by atoms with Crippen LogP contribution in [0.1, 0.15) is 11.1 Å². The molecule has 0 saturated heterocycles. The van der Waals surface area contributed by atoms with Crippen molar-refractivity contribution in [3.8, 4) is 5.75 Å². The minimum Gasteiger partial charge on any atom is -0.480 e. The fraction of sp³-hybridized carbons (Fsp3) is 0.188. The fourth-order valence-electron chi connectivity index (χ4n) is 2.32. The van der Waals surface area contributed by atoms with Crippen molar-refractivity contribution in [3.05, 3.63) is 53.6 Å². The molecule has 0 aliphatic carbocycles. The van der Waals surface area contributed by atoms with Crippen LogP contribution in [0.2, 0.25) is 0 Å². The van der Waals surface area contributed by atoms with Crippen LogP contribution in [0.4, 0.5) is 11.4 Å². The number of anilines is 2. The number of para-hydroxylation sites is 1. The summed E-state index contributed by atoms with van der Waals surface area (Å²) in [6, 6.07) is 13.3. The number of hydrogen-bond acceptors (Lipinski definition) is 3. The van der Waals surface area contributed by atoms with Gasteiger partial charge in [0.15, 0.2) is 6.10 Å². The second-order valence-electron chi connectivity index (χ2n) is 5.00. The summed E-state index contributed by atoms with van der Waals surface area (Å²) in [6.45, 7) is 1.96. The fourth-order valence-corrected chi connectivity index (χ4v) is 2.32. The van der Waals surface area contributed by atoms with Crippen LogP contribution in [0, 0.1) is 6.92 Å². The molecule has 2 aromatic carbocycles. The molecule has 1 atom stereocenters. The molecule has 0 fully saturated rings. The number of nitrogens with two attached hydrogens (primary N) is 1. The van der Waals surface area contributed by atoms with Crippen molar-refractivity contribution in [2.45, 2.75) is 19.4 Å². The minimum atomic E-state index is -0.493. The highest BCUT2D eigenvalue weighted by Gasteiger charge is 2.28. The minimum absolute atomic E-state index is 0.168. The van der Waals surface area contributed by atoms with Crippen LogP contribution in [0.25, 0.3) is 0 Å². The zero-order valence-corrected chi connectivity index (χ0v) is 11.2. The van der Waals surface area contributed by atoms with Gasteiger partial charge in [-0.05, 0) is 36.2 Å². The Bertz CT molecular complexity index is 642. The van der Waals surface area contributed by atoms with Crippen molar-refractivity contribution in [1.82, 2.24) is 0 Å². The second-order valence-corrected chi connectivity index (χ2v) is 5.00. The number of amides is 1. The van der Waals surface area contributed by atoms with Crippen LogP contribution in [0.3, 0.4) is 0 Å². The summed E-state index contributed by atoms with van der Waals surface area (Å²) >= 11 is 0. The van der Waals surface area contributed by atoms with Crippen LogP contribution < -0.4 is 15.8 Å². The Morgan fingerprint density at radius 1 is 1.30 bits per heavy atom. The number of ether oxygens (including phenoxy) is 1. The number of nitrogens with one attached hydrogen (secondary N) is 1. The molecular weight excluding hydrogens is 252 g/mol. The van der Waals surface area contributed by atoms with Gasteiger partial charge in [0.2, 0.25) is 0 Å². The van der Waals surface area contributed by atoms with Crippen LogP contribution in [-0.4, -0.2) is 12.0 Å². The van der Waals surface area contributed by atoms with Gasteiger partial charge in [0.25, 0.3) is 5.91 Å². The SMILES string of the molecule is Cc1ccc(N)c(NC(=O)C2Cc3ccccc3O2)c1. The molecule has 3 rings (SSSR count). The van der Waals surface area contributed by atoms with E-state index in [2.05, 4.69) is 5.32 Å². The molecule has 3 N–H and O–H groups in total. The Morgan fingerprint density at radius 3 is 2.90 bits per heavy atom. The summed E-state index contributed by atoms with van der Waals surface area (Å²) in [5.74, 6) is 0.614. The number of carbonyl (C=O) groups excluding carboxylic acids is 1. The molecule has 4 nitrogen and oxygen atoms in total. The van der Waals surface area contributed by atoms with E-state index < -0.39 is 6.10 Å². The first-order chi connectivity index (χ1) is 9.63. The predicted octanol–water partition coefficient (Wildman–Crippen LogP) is 2.52. The highest BCUT2D eigenvalue weighted by atomic mass is 16.5. The number of fused-ring (bicyclic) bond motifs is 1. The average Bonchev–Trinajstić information content (AvgIpc) is 2.87. The molecule has 4 heteroatoms. The predicted molar refractivity (Wildman–Crippen MR) is 78.8 cm³/mol. The maximum Gasteiger partial charge on any atom is 0.265 e. The first kappa shape index (κ1) is 12.5. The lowest BCUT2D eigenvalue weighted by Gasteiger charge is -2.13. The quantitative estimate of drug-likeness (QED) is 0.823. The van der Waals surface area contributed by atoms with E-state index in [-0.39, 0.29) is 5.91 Å². The highest BCUT2D eigenvalue weighted by molar-refractivity contribution is 5.97. The monoisotopic (exact) mass is 268 g/mol. The summed E-state index contributed by atoms with van der Waals surface area (Å²) in [5, 5.41) is 2.84. The lowest BCUT2D eigenvalue weighted by Crippen LogP contribution is -2.31. The van der Waals surface area contributed by atoms with Gasteiger partial charge in [0, 0.05) is 6.42 Å². The molecule has 0 radical (unpaired) electrons. The van der Waals surface area contributed by atoms with E-state index in [9.17, 15) is 4.79 Å². The lowest BCUT2D eigenvalue weighted by molar-refractivity contribution is -0.122. The molecule has 0 saturated carbocycles. The van der Waals surface area contributed by atoms with Gasteiger partial charge in [-0.2, -0.15) is 0 Å². The van der Waals surface area contributed by atoms with Crippen molar-refractivity contribution >= 4 is 17.3 Å². The van der Waals surface area contributed by atoms with E-state index in [0.717, 1.165) is 16.9 Å². The molecule has 0 spiro atoms. The molecule has 0 bridgehead atoms. The zero-order chi connectivity index (χ0) is 14.1. The zero-order valence-electron chi connectivity index (χ0n) is 11.2. The van der Waals surface area contributed by atoms with E-state index in [1.807, 2.05) is 43.3 Å². The van der Waals surface area contributed by atoms with E-state index in [1.54, 1.807) is 6.07 Å². The van der Waals surface area contributed by atoms with Crippen LogP contribution in [0.5, 0.6) is 5.75 Å². The molecule has 0 aromatic heterocycles. The Labute approximate surface area is 117 Å². The number of hydrogen-bond donors (Lipinski definition) is 2. The largest absolute Gasteiger partial charge is 0.480 e. The van der Waals surface area contributed by atoms with Gasteiger partial charge in [-0.15, -0.1) is 0 Å². The highest BCUT2D eigenvalue weighted by Crippen LogP contribution is 2.29. The van der Waals surface area contributed by atoms with Crippen molar-refractivity contribution in [1.29, 1.82) is 0 Å². The number of aryl methyl sites for hydroxylation is 1. The Balaban J connectivity index is 1.74. The van der Waals surface area contributed by atoms with E-state index >= 15 is 0 Å². The molecule has 102 valence electrons. The van der Waals surface area contributed by atoms with Gasteiger partial charge < -0.3 is 15.8 Å². The standard InChI is InChI=1S/C16H16N2O2/c1-10-6-7-12(17)13(8-10)18-16(19)15-9-11-4-2-3-5-14(11)20-15/h2-8,15H,9,17H2,1H3,(H,18,19). The topological polar surface area (TPSA) is 64.3 Å². The van der Waals surface area contributed by atoms with E-state index in [1.165, 1.54) is 0 Å². The van der Waals surface area contributed by atoms with Gasteiger partial charge in [-0.1, -0.05) is 24.3 Å². The van der Waals surface area contributed by atoms with Crippen molar-refractivity contribution in [2.75, 3.05) is 11.1 Å². The number of benzene rings is 2. The van der Waals surface area contributed by atoms with E-state index in [4.69, 9.17) is 10.5 Å². The third-order valence-electron chi connectivity index (χ3n) is 3.41. The maximum atomic E-state index is 12.3. The van der Waals surface area contributed by atoms with Crippen LogP contribution in [-0.2, 0) is 11.2 Å². The van der Waals surface area contributed by atoms with Crippen molar-refractivity contribution < 1.29 is 9.53 Å². The summed E-state index contributed by atoms with van der Waals surface area (Å²) in [4.78, 5) is 12.3. The Kier molecular flexibility index (Phi) is 3.06. The summed E-state index contributed by atoms with van der Waals surface area (Å²) in [7, 11) is 0. The van der Waals surface area contributed by atoms with Crippen molar-refractivity contribution in [2.24, 2.45) is 0 Å². The molecule has 1 aliphatic rings. The summed E-state index contributed by atoms with van der Waals surface area (Å²) in [5.41, 5.74) is 9.16. The summed E-state index contributed by atoms with van der Waals surface area (Å²) < 4.78 is 5.66. The Hall–Kier alpha value is -2.49. The molecule has 1 unspecified atom stereocenters. The van der Waals surface area contributed by atoms with Gasteiger partial charge in [0.1, 0.15) is 5.75 Å². The number of carbonyl (C=O) groups is 1. The normalized spacial score (nSPS) is 16.4. The average molecular weight is 268 g/mol. The maximum absolute atomic E-state index is 12.3. The molecular formula is C16H16N2O2. The third-order valence-corrected chi connectivity index (χ3v) is 3.41. The van der Waals surface area contributed by atoms with Crippen molar-refractivity contribution in [3.63, 3.8) is 0 Å². The van der Waals surface area contributed by atoms with Gasteiger partial charge in [0.05, 0.1) is 11.4 Å². The second kappa shape index (κ2) is 4.89. The van der Waals surface area contributed by atoms with Gasteiger partial charge in [-0.3, -0.25) is 4.79 Å². The molecule has 1 aliphatic heterocycles. The molecule has 1 amide bonds. The number of nitrogen functional groups attached to an aromatic ring is 1. The first-order valence-electron chi connectivity index (χ1n) is 6.55. The molecule has 20 heavy (non-hydrogen) atoms. The third kappa shape index (κ3) is 2.32. The first-order valence-corrected chi connectivity index (χ1v) is 6.55. The smallest absolute Gasteiger partial charge is 0.265 e. The van der Waals surface area contributed by atoms with Crippen LogP contribution >= 0.6 is 0 Å².